The predicted molar refractivity (Wildman–Crippen MR) is 101 cm³/mol. The van der Waals surface area contributed by atoms with Crippen molar-refractivity contribution >= 4 is 29.1 Å². The van der Waals surface area contributed by atoms with Gasteiger partial charge < -0.3 is 15.8 Å². The second-order valence-corrected chi connectivity index (χ2v) is 6.05. The molecular formula is C18H18ClN5O2. The van der Waals surface area contributed by atoms with Gasteiger partial charge in [0.2, 0.25) is 5.91 Å². The van der Waals surface area contributed by atoms with E-state index in [0.717, 1.165) is 5.69 Å². The number of nitrogens with two attached hydrogens (primary N) is 1. The number of nitrogens with zero attached hydrogens (tertiary/aromatic N) is 3. The Labute approximate surface area is 155 Å². The zero-order chi connectivity index (χ0) is 18.7. The van der Waals surface area contributed by atoms with E-state index in [-0.39, 0.29) is 18.1 Å². The Balaban J connectivity index is 1.79. The van der Waals surface area contributed by atoms with Crippen LogP contribution in [-0.2, 0) is 18.3 Å². The standard InChI is InChI=1S/C18H18ClN5O2/c1-24-11(7-8-21-24)9-17(25)22-16-6-4-13(18(20)23-16)14-10-12(26-2)3-5-15(14)19/h3-8,10H,9H2,1-2H3,(H3,20,22,23,25). The molecule has 7 nitrogen and oxygen atoms in total. The molecule has 0 aliphatic rings. The van der Waals surface area contributed by atoms with Crippen LogP contribution in [0, 0.1) is 0 Å². The summed E-state index contributed by atoms with van der Waals surface area (Å²) in [6, 6.07) is 10.5. The van der Waals surface area contributed by atoms with E-state index in [2.05, 4.69) is 15.4 Å². The minimum atomic E-state index is -0.201. The van der Waals surface area contributed by atoms with Crippen molar-refractivity contribution in [3.63, 3.8) is 0 Å². The van der Waals surface area contributed by atoms with Crippen molar-refractivity contribution in [3.05, 3.63) is 53.3 Å². The van der Waals surface area contributed by atoms with E-state index in [1.165, 1.54) is 0 Å². The van der Waals surface area contributed by atoms with Crippen LogP contribution in [-0.4, -0.2) is 27.8 Å². The molecule has 134 valence electrons. The molecule has 0 fully saturated rings. The minimum absolute atomic E-state index is 0.196. The highest BCUT2D eigenvalue weighted by Gasteiger charge is 2.12. The molecule has 0 saturated carbocycles. The van der Waals surface area contributed by atoms with Gasteiger partial charge in [-0.1, -0.05) is 11.6 Å². The van der Waals surface area contributed by atoms with Gasteiger partial charge in [-0.2, -0.15) is 5.10 Å². The molecule has 0 aliphatic heterocycles. The normalized spacial score (nSPS) is 10.6. The molecule has 26 heavy (non-hydrogen) atoms. The van der Waals surface area contributed by atoms with E-state index in [4.69, 9.17) is 22.1 Å². The Bertz CT molecular complexity index is 955. The number of rotatable bonds is 5. The van der Waals surface area contributed by atoms with Gasteiger partial charge in [0, 0.05) is 35.1 Å². The number of nitrogens with one attached hydrogen (secondary N) is 1. The first-order valence-corrected chi connectivity index (χ1v) is 8.23. The van der Waals surface area contributed by atoms with Crippen molar-refractivity contribution in [2.75, 3.05) is 18.2 Å². The fourth-order valence-electron chi connectivity index (χ4n) is 2.54. The van der Waals surface area contributed by atoms with Crippen LogP contribution in [0.25, 0.3) is 11.1 Å². The summed E-state index contributed by atoms with van der Waals surface area (Å²) in [6.45, 7) is 0. The smallest absolute Gasteiger partial charge is 0.231 e. The Morgan fingerprint density at radius 1 is 1.27 bits per heavy atom. The summed E-state index contributed by atoms with van der Waals surface area (Å²) in [5, 5.41) is 7.31. The predicted octanol–water partition coefficient (Wildman–Crippen LogP) is 2.91. The van der Waals surface area contributed by atoms with E-state index in [0.29, 0.717) is 27.7 Å². The molecule has 2 aromatic heterocycles. The van der Waals surface area contributed by atoms with Crippen molar-refractivity contribution in [3.8, 4) is 16.9 Å². The van der Waals surface area contributed by atoms with Crippen LogP contribution >= 0.6 is 11.6 Å². The molecule has 0 aliphatic carbocycles. The highest BCUT2D eigenvalue weighted by molar-refractivity contribution is 6.33. The van der Waals surface area contributed by atoms with Gasteiger partial charge in [-0.25, -0.2) is 4.98 Å². The van der Waals surface area contributed by atoms with Crippen molar-refractivity contribution in [2.45, 2.75) is 6.42 Å². The number of pyridine rings is 1. The monoisotopic (exact) mass is 371 g/mol. The number of halogens is 1. The molecule has 0 unspecified atom stereocenters. The van der Waals surface area contributed by atoms with E-state index in [9.17, 15) is 4.79 Å². The third-order valence-corrected chi connectivity index (χ3v) is 4.25. The number of methoxy groups -OCH3 is 1. The second kappa shape index (κ2) is 7.45. The van der Waals surface area contributed by atoms with Crippen LogP contribution in [0.15, 0.2) is 42.6 Å². The molecule has 3 rings (SSSR count). The van der Waals surface area contributed by atoms with Gasteiger partial charge in [-0.3, -0.25) is 9.48 Å². The average Bonchev–Trinajstić information content (AvgIpc) is 3.00. The van der Waals surface area contributed by atoms with Gasteiger partial charge in [0.05, 0.1) is 13.5 Å². The molecule has 0 atom stereocenters. The largest absolute Gasteiger partial charge is 0.497 e. The number of carbonyl (C=O) groups is 1. The molecule has 0 radical (unpaired) electrons. The molecule has 1 aromatic carbocycles. The van der Waals surface area contributed by atoms with E-state index in [1.807, 2.05) is 0 Å². The van der Waals surface area contributed by atoms with Gasteiger partial charge >= 0.3 is 0 Å². The number of amides is 1. The topological polar surface area (TPSA) is 95.1 Å². The number of carbonyl (C=O) groups excluding carboxylic acids is 1. The zero-order valence-electron chi connectivity index (χ0n) is 14.4. The second-order valence-electron chi connectivity index (χ2n) is 5.65. The minimum Gasteiger partial charge on any atom is -0.497 e. The summed E-state index contributed by atoms with van der Waals surface area (Å²) < 4.78 is 6.87. The molecule has 3 aromatic rings. The number of anilines is 2. The van der Waals surface area contributed by atoms with E-state index < -0.39 is 0 Å². The molecule has 0 saturated heterocycles. The molecule has 2 heterocycles. The molecule has 0 spiro atoms. The fourth-order valence-corrected chi connectivity index (χ4v) is 2.76. The molecular weight excluding hydrogens is 354 g/mol. The first-order chi connectivity index (χ1) is 12.5. The Kier molecular flexibility index (Phi) is 5.09. The van der Waals surface area contributed by atoms with Crippen molar-refractivity contribution < 1.29 is 9.53 Å². The summed E-state index contributed by atoms with van der Waals surface area (Å²) >= 11 is 6.26. The van der Waals surface area contributed by atoms with Crippen LogP contribution in [0.4, 0.5) is 11.6 Å². The fraction of sp³-hybridized carbons (Fsp3) is 0.167. The van der Waals surface area contributed by atoms with Crippen molar-refractivity contribution in [2.24, 2.45) is 7.05 Å². The van der Waals surface area contributed by atoms with Crippen LogP contribution in [0.1, 0.15) is 5.69 Å². The third kappa shape index (κ3) is 3.78. The summed E-state index contributed by atoms with van der Waals surface area (Å²) in [5.41, 5.74) is 8.25. The summed E-state index contributed by atoms with van der Waals surface area (Å²) in [4.78, 5) is 16.4. The first kappa shape index (κ1) is 17.8. The maximum absolute atomic E-state index is 12.2. The Morgan fingerprint density at radius 3 is 2.73 bits per heavy atom. The number of nitrogen functional groups attached to an aromatic ring is 1. The first-order valence-electron chi connectivity index (χ1n) is 7.85. The van der Waals surface area contributed by atoms with Gasteiger partial charge in [0.1, 0.15) is 17.4 Å². The maximum atomic E-state index is 12.2. The van der Waals surface area contributed by atoms with Gasteiger partial charge in [-0.15, -0.1) is 0 Å². The lowest BCUT2D eigenvalue weighted by Gasteiger charge is -2.11. The van der Waals surface area contributed by atoms with E-state index in [1.54, 1.807) is 61.4 Å². The number of hydrogen-bond donors (Lipinski definition) is 2. The molecule has 0 bridgehead atoms. The lowest BCUT2D eigenvalue weighted by molar-refractivity contribution is -0.115. The van der Waals surface area contributed by atoms with Gasteiger partial charge in [-0.05, 0) is 36.4 Å². The molecule has 3 N–H and O–H groups in total. The van der Waals surface area contributed by atoms with Crippen LogP contribution < -0.4 is 15.8 Å². The quantitative estimate of drug-likeness (QED) is 0.719. The number of aromatic nitrogens is 3. The summed E-state index contributed by atoms with van der Waals surface area (Å²) in [6.07, 6.45) is 1.84. The van der Waals surface area contributed by atoms with Crippen LogP contribution in [0.2, 0.25) is 5.02 Å². The average molecular weight is 372 g/mol. The van der Waals surface area contributed by atoms with Crippen LogP contribution in [0.3, 0.4) is 0 Å². The zero-order valence-corrected chi connectivity index (χ0v) is 15.1. The maximum Gasteiger partial charge on any atom is 0.231 e. The number of aryl methyl sites for hydroxylation is 1. The van der Waals surface area contributed by atoms with Gasteiger partial charge in [0.15, 0.2) is 0 Å². The van der Waals surface area contributed by atoms with Crippen molar-refractivity contribution in [1.82, 2.24) is 14.8 Å². The number of benzene rings is 1. The highest BCUT2D eigenvalue weighted by atomic mass is 35.5. The highest BCUT2D eigenvalue weighted by Crippen LogP contribution is 2.34. The van der Waals surface area contributed by atoms with Crippen molar-refractivity contribution in [1.29, 1.82) is 0 Å². The van der Waals surface area contributed by atoms with Crippen LogP contribution in [0.5, 0.6) is 5.75 Å². The number of hydrogen-bond acceptors (Lipinski definition) is 5. The molecule has 1 amide bonds. The third-order valence-electron chi connectivity index (χ3n) is 3.92. The summed E-state index contributed by atoms with van der Waals surface area (Å²) in [5.74, 6) is 1.10. The Hall–Kier alpha value is -3.06. The lowest BCUT2D eigenvalue weighted by atomic mass is 10.1. The number of ether oxygens (including phenoxy) is 1. The summed E-state index contributed by atoms with van der Waals surface area (Å²) in [7, 11) is 3.36. The molecule has 8 heteroatoms. The Morgan fingerprint density at radius 2 is 2.08 bits per heavy atom. The lowest BCUT2D eigenvalue weighted by Crippen LogP contribution is -2.17. The van der Waals surface area contributed by atoms with E-state index >= 15 is 0 Å². The SMILES string of the molecule is COc1ccc(Cl)c(-c2ccc(NC(=O)Cc3ccnn3C)nc2N)c1. The van der Waals surface area contributed by atoms with Gasteiger partial charge in [0.25, 0.3) is 0 Å².